The van der Waals surface area contributed by atoms with Crippen LogP contribution >= 0.6 is 29.4 Å². The van der Waals surface area contributed by atoms with Crippen LogP contribution in [0.4, 0.5) is 28.9 Å². The molecule has 0 spiro atoms. The number of para-hydroxylation sites is 2. The molecule has 2 N–H and O–H groups in total. The number of likely N-dealkylation sites (tertiary alicyclic amines) is 2. The Kier molecular flexibility index (Phi) is 23.4. The summed E-state index contributed by atoms with van der Waals surface area (Å²) in [7, 11) is -0.941. The Balaban J connectivity index is 0.000000201. The van der Waals surface area contributed by atoms with E-state index in [4.69, 9.17) is 9.31 Å². The first-order valence-corrected chi connectivity index (χ1v) is 32.4. The van der Waals surface area contributed by atoms with E-state index in [0.717, 1.165) is 42.7 Å². The number of rotatable bonds is 14. The number of nitrogens with one attached hydrogen (secondary N) is 2. The number of hydrogen-bond acceptors (Lipinski definition) is 14. The first-order chi connectivity index (χ1) is 43.9. The molecule has 7 heterocycles. The summed E-state index contributed by atoms with van der Waals surface area (Å²) < 4.78 is 76.3. The highest BCUT2D eigenvalue weighted by atomic mass is 79.9. The second-order valence-corrected chi connectivity index (χ2v) is 25.4. The van der Waals surface area contributed by atoms with Crippen molar-refractivity contribution in [3.63, 3.8) is 0 Å². The smallest absolute Gasteiger partial charge is 0.399 e. The van der Waals surface area contributed by atoms with Crippen LogP contribution in [0.25, 0.3) is 32.9 Å². The summed E-state index contributed by atoms with van der Waals surface area (Å²) in [5, 5.41) is 16.4. The zero-order chi connectivity index (χ0) is 65.9. The van der Waals surface area contributed by atoms with Gasteiger partial charge in [-0.05, 0) is 111 Å². The standard InChI is InChI=1S/C31H28F2N4O3.C29H32BF2N3O5.C8H8BrN.CH4.S2.H2S/c1-18(38)31-24-6-2-3-8-26(24)37(35-31)17-29(40)36-16-22(32)15-27(36)28(39)14-21-5-4-7-23(30(21)33)19-9-10-25-20(13-19)11-12-34-25;1-17(36)27-20-10-6-7-12-22(20)35(33-27)16-25(38)34-15-19(31)14-23(34)24(37)13-18-9-8-11-21(26(18)32)30-39-28(2,3)29(4,5)40-30;9-7-1-2-8-6(5-7)3-4-10-8;;1-2;/h2-10,13,22,27,34H,11-12,14-17H2,1H3;6-12,19,23H,13-16H2,1-5H3;1-2,5,10H,3-4H2;1H4;;1H2/t22-,27+;19-,23+;;;;/m11..../s1. The topological polar surface area (TPSA) is 187 Å². The molecule has 0 bridgehead atoms. The van der Waals surface area contributed by atoms with Gasteiger partial charge in [0.05, 0.1) is 47.4 Å². The van der Waals surface area contributed by atoms with E-state index in [2.05, 4.69) is 77.3 Å². The molecule has 8 aromatic rings. The van der Waals surface area contributed by atoms with E-state index < -0.39 is 77.8 Å². The highest BCUT2D eigenvalue weighted by molar-refractivity contribution is 9.10. The zero-order valence-electron chi connectivity index (χ0n) is 52.1. The van der Waals surface area contributed by atoms with Crippen molar-refractivity contribution in [2.75, 3.05) is 36.8 Å². The first-order valence-electron chi connectivity index (χ1n) is 30.3. The van der Waals surface area contributed by atoms with Gasteiger partial charge in [-0.2, -0.15) is 23.7 Å². The van der Waals surface area contributed by atoms with Crippen molar-refractivity contribution < 1.29 is 55.6 Å². The molecule has 0 saturated carbocycles. The molecule has 3 fully saturated rings. The average Bonchev–Trinajstić information content (AvgIpc) is 1.60. The number of benzene rings is 6. The summed E-state index contributed by atoms with van der Waals surface area (Å²) in [5.74, 6) is -3.47. The maximum atomic E-state index is 15.6. The monoisotopic (exact) mass is 1400 g/mol. The number of amides is 2. The molecule has 5 aliphatic rings. The van der Waals surface area contributed by atoms with E-state index in [-0.39, 0.29) is 112 Å². The van der Waals surface area contributed by atoms with E-state index >= 15 is 8.78 Å². The lowest BCUT2D eigenvalue weighted by Gasteiger charge is -2.32. The van der Waals surface area contributed by atoms with Gasteiger partial charge in [0.2, 0.25) is 11.8 Å². The van der Waals surface area contributed by atoms with Crippen LogP contribution in [0, 0.1) is 11.6 Å². The predicted octanol–water partition coefficient (Wildman–Crippen LogP) is 11.4. The molecule has 16 nitrogen and oxygen atoms in total. The van der Waals surface area contributed by atoms with Crippen LogP contribution in [-0.4, -0.2) is 133 Å². The molecule has 25 heteroatoms. The third-order valence-electron chi connectivity index (χ3n) is 17.8. The van der Waals surface area contributed by atoms with Crippen molar-refractivity contribution in [2.45, 2.75) is 136 Å². The largest absolute Gasteiger partial charge is 0.497 e. The number of halogens is 5. The number of anilines is 2. The summed E-state index contributed by atoms with van der Waals surface area (Å²) in [5.41, 5.74) is 6.85. The third kappa shape index (κ3) is 15.4. The number of carbonyl (C=O) groups excluding carboxylic acids is 6. The zero-order valence-corrected chi connectivity index (χ0v) is 56.3. The molecule has 6 aromatic carbocycles. The highest BCUT2D eigenvalue weighted by Gasteiger charge is 2.53. The number of aromatic nitrogens is 4. The molecule has 3 saturated heterocycles. The number of nitrogens with zero attached hydrogens (tertiary/aromatic N) is 6. The third-order valence-corrected chi connectivity index (χ3v) is 18.3. The van der Waals surface area contributed by atoms with Gasteiger partial charge < -0.3 is 29.7 Å². The van der Waals surface area contributed by atoms with E-state index in [1.807, 2.05) is 45.9 Å². The molecule has 4 atom stereocenters. The Hall–Kier alpha value is -7.55. The average molecular weight is 1410 g/mol. The quantitative estimate of drug-likeness (QED) is 0.0595. The van der Waals surface area contributed by atoms with Crippen LogP contribution in [0.15, 0.2) is 126 Å². The van der Waals surface area contributed by atoms with Crippen LogP contribution in [0.5, 0.6) is 0 Å². The number of carbonyl (C=O) groups is 6. The van der Waals surface area contributed by atoms with Crippen LogP contribution in [0.3, 0.4) is 0 Å². The van der Waals surface area contributed by atoms with Gasteiger partial charge in [-0.25, -0.2) is 17.6 Å². The molecular weight excluding hydrogens is 1330 g/mol. The van der Waals surface area contributed by atoms with Crippen molar-refractivity contribution in [1.82, 2.24) is 29.4 Å². The van der Waals surface area contributed by atoms with Crippen molar-refractivity contribution in [1.29, 1.82) is 0 Å². The summed E-state index contributed by atoms with van der Waals surface area (Å²) in [6.45, 7) is 11.2. The summed E-state index contributed by atoms with van der Waals surface area (Å²) in [6.07, 6.45) is -1.61. The summed E-state index contributed by atoms with van der Waals surface area (Å²) in [4.78, 5) is 80.0. The van der Waals surface area contributed by atoms with Crippen LogP contribution in [0.2, 0.25) is 0 Å². The molecule has 5 aliphatic heterocycles. The van der Waals surface area contributed by atoms with Gasteiger partial charge in [-0.1, -0.05) is 102 Å². The molecule has 94 heavy (non-hydrogen) atoms. The van der Waals surface area contributed by atoms with Crippen LogP contribution in [-0.2, 0) is 89.6 Å². The van der Waals surface area contributed by atoms with E-state index in [1.54, 1.807) is 78.9 Å². The van der Waals surface area contributed by atoms with Gasteiger partial charge in [0.1, 0.15) is 48.5 Å². The maximum Gasteiger partial charge on any atom is 0.497 e. The Morgan fingerprint density at radius 2 is 1.06 bits per heavy atom. The van der Waals surface area contributed by atoms with Crippen molar-refractivity contribution in [3.05, 3.63) is 171 Å². The van der Waals surface area contributed by atoms with E-state index in [1.165, 1.54) is 54.8 Å². The number of alkyl halides is 2. The lowest BCUT2D eigenvalue weighted by Crippen LogP contribution is -2.43. The fourth-order valence-electron chi connectivity index (χ4n) is 12.4. The number of Topliss-reactive ketones (excluding diaryl/α,β-unsaturated/α-hetero) is 4. The predicted molar refractivity (Wildman–Crippen MR) is 371 cm³/mol. The second-order valence-electron chi connectivity index (χ2n) is 24.4. The summed E-state index contributed by atoms with van der Waals surface area (Å²) >= 11 is 10.8. The molecule has 494 valence electrons. The van der Waals surface area contributed by atoms with Gasteiger partial charge in [0, 0.05) is 113 Å². The molecule has 0 radical (unpaired) electrons. The van der Waals surface area contributed by atoms with Crippen LogP contribution < -0.4 is 16.1 Å². The Morgan fingerprint density at radius 1 is 0.617 bits per heavy atom. The van der Waals surface area contributed by atoms with Gasteiger partial charge in [0.25, 0.3) is 0 Å². The number of fused-ring (bicyclic) bond motifs is 4. The molecule has 2 amide bonds. The minimum absolute atomic E-state index is 0. The van der Waals surface area contributed by atoms with E-state index in [9.17, 15) is 37.5 Å². The van der Waals surface area contributed by atoms with Crippen LogP contribution in [0.1, 0.15) is 105 Å². The van der Waals surface area contributed by atoms with E-state index in [0.29, 0.717) is 27.4 Å². The Labute approximate surface area is 569 Å². The number of hydrogen-bond donors (Lipinski definition) is 2. The fourth-order valence-corrected chi connectivity index (χ4v) is 12.8. The second kappa shape index (κ2) is 30.5. The number of ketones is 4. The molecule has 0 aliphatic carbocycles. The normalized spacial score (nSPS) is 18.6. The molecular formula is C69H74BBrF4N8O8S3. The Morgan fingerprint density at radius 3 is 1.55 bits per heavy atom. The minimum Gasteiger partial charge on any atom is -0.399 e. The van der Waals surface area contributed by atoms with Gasteiger partial charge in [-0.15, -0.1) is 0 Å². The lowest BCUT2D eigenvalue weighted by atomic mass is 9.77. The van der Waals surface area contributed by atoms with Gasteiger partial charge in [-0.3, -0.25) is 38.1 Å². The Bertz CT molecular complexity index is 4180. The van der Waals surface area contributed by atoms with Gasteiger partial charge >= 0.3 is 7.12 Å². The minimum atomic E-state index is -1.39. The maximum absolute atomic E-state index is 15.6. The summed E-state index contributed by atoms with van der Waals surface area (Å²) in [6, 6.07) is 33.7. The lowest BCUT2D eigenvalue weighted by molar-refractivity contribution is -0.138. The SMILES string of the molecule is Brc1ccc2c(c1)CCN2.C.CC(=O)c1nn(CC(=O)N2C[C@H](F)C[C@H]2C(=O)Cc2cccc(-c3ccc4c(c3)CCN4)c2F)c2ccccc12.CC(=O)c1nn(CC(=O)N2C[C@H](F)C[C@H]2C(=O)Cc2cccc(B3OC(C)(C)C(C)(C)O3)c2F)c2ccccc12.S.S=S. The first kappa shape index (κ1) is 72.3. The molecule has 0 unspecified atom stereocenters. The fraction of sp³-hybridized carbons (Fsp3) is 0.362. The van der Waals surface area contributed by atoms with Crippen molar-refractivity contribution in [3.8, 4) is 11.1 Å². The molecule has 2 aromatic heterocycles. The molecule has 13 rings (SSSR count). The van der Waals surface area contributed by atoms with Crippen molar-refractivity contribution >= 4 is 133 Å². The van der Waals surface area contributed by atoms with Crippen molar-refractivity contribution in [2.24, 2.45) is 0 Å². The van der Waals surface area contributed by atoms with Gasteiger partial charge in [0.15, 0.2) is 23.1 Å². The highest BCUT2D eigenvalue weighted by Crippen LogP contribution is 2.38.